The zero-order chi connectivity index (χ0) is 13.8. The molecule has 19 heavy (non-hydrogen) atoms. The number of halogens is 2. The first-order valence-corrected chi connectivity index (χ1v) is 6.18. The number of hydrogen-bond donors (Lipinski definition) is 2. The fourth-order valence-electron chi connectivity index (χ4n) is 2.38. The Morgan fingerprint density at radius 1 is 1.26 bits per heavy atom. The molecule has 1 aliphatic rings. The Morgan fingerprint density at radius 2 is 1.95 bits per heavy atom. The highest BCUT2D eigenvalue weighted by Crippen LogP contribution is 2.30. The highest BCUT2D eigenvalue weighted by Gasteiger charge is 2.20. The molecule has 0 aliphatic carbocycles. The molecule has 1 saturated heterocycles. The van der Waals surface area contributed by atoms with Crippen molar-refractivity contribution in [2.75, 3.05) is 13.1 Å². The van der Waals surface area contributed by atoms with E-state index >= 15 is 0 Å². The van der Waals surface area contributed by atoms with Crippen molar-refractivity contribution in [3.8, 4) is 0 Å². The monoisotopic (exact) mass is 267 g/mol. The van der Waals surface area contributed by atoms with Crippen LogP contribution < -0.4 is 5.32 Å². The zero-order valence-corrected chi connectivity index (χ0v) is 10.3. The van der Waals surface area contributed by atoms with Gasteiger partial charge in [-0.2, -0.15) is 0 Å². The van der Waals surface area contributed by atoms with Crippen LogP contribution in [0.4, 0.5) is 8.78 Å². The SMILES string of the molecule is O=C(O)/C=C(/c1ccc(F)c(F)c1)C1CCNCC1. The molecule has 102 valence electrons. The van der Waals surface area contributed by atoms with E-state index in [9.17, 15) is 13.6 Å². The van der Waals surface area contributed by atoms with Gasteiger partial charge in [0.2, 0.25) is 0 Å². The summed E-state index contributed by atoms with van der Waals surface area (Å²) < 4.78 is 26.2. The van der Waals surface area contributed by atoms with Crippen molar-refractivity contribution in [1.29, 1.82) is 0 Å². The third-order valence-electron chi connectivity index (χ3n) is 3.31. The van der Waals surface area contributed by atoms with Crippen LogP contribution in [0.3, 0.4) is 0 Å². The van der Waals surface area contributed by atoms with Gasteiger partial charge in [-0.15, -0.1) is 0 Å². The van der Waals surface area contributed by atoms with Gasteiger partial charge in [-0.3, -0.25) is 0 Å². The van der Waals surface area contributed by atoms with Crippen molar-refractivity contribution >= 4 is 11.5 Å². The van der Waals surface area contributed by atoms with Crippen LogP contribution in [-0.4, -0.2) is 24.2 Å². The van der Waals surface area contributed by atoms with Crippen LogP contribution in [-0.2, 0) is 4.79 Å². The van der Waals surface area contributed by atoms with Gasteiger partial charge in [0, 0.05) is 6.08 Å². The second-order valence-corrected chi connectivity index (χ2v) is 4.59. The smallest absolute Gasteiger partial charge is 0.328 e. The topological polar surface area (TPSA) is 49.3 Å². The van der Waals surface area contributed by atoms with E-state index in [1.165, 1.54) is 6.07 Å². The molecule has 0 spiro atoms. The molecule has 1 aliphatic heterocycles. The number of carboxylic acid groups (broad SMARTS) is 1. The Bertz CT molecular complexity index is 508. The van der Waals surface area contributed by atoms with Gasteiger partial charge in [0.15, 0.2) is 11.6 Å². The maximum absolute atomic E-state index is 13.3. The van der Waals surface area contributed by atoms with E-state index in [-0.39, 0.29) is 5.92 Å². The molecule has 0 aromatic heterocycles. The summed E-state index contributed by atoms with van der Waals surface area (Å²) in [6, 6.07) is 3.52. The Kier molecular flexibility index (Phi) is 4.27. The Hall–Kier alpha value is -1.75. The van der Waals surface area contributed by atoms with Crippen LogP contribution in [0.5, 0.6) is 0 Å². The molecule has 1 aromatic carbocycles. The number of rotatable bonds is 3. The molecule has 5 heteroatoms. The Labute approximate surface area is 109 Å². The van der Waals surface area contributed by atoms with Crippen molar-refractivity contribution in [3.05, 3.63) is 41.5 Å². The number of carboxylic acids is 1. The lowest BCUT2D eigenvalue weighted by molar-refractivity contribution is -0.131. The molecule has 0 saturated carbocycles. The average Bonchev–Trinajstić information content (AvgIpc) is 2.40. The highest BCUT2D eigenvalue weighted by molar-refractivity contribution is 5.90. The third-order valence-corrected chi connectivity index (χ3v) is 3.31. The van der Waals surface area contributed by atoms with E-state index in [1.807, 2.05) is 0 Å². The third kappa shape index (κ3) is 3.38. The van der Waals surface area contributed by atoms with Crippen LogP contribution in [0.15, 0.2) is 24.3 Å². The first-order valence-electron chi connectivity index (χ1n) is 6.18. The fraction of sp³-hybridized carbons (Fsp3) is 0.357. The molecule has 1 fully saturated rings. The van der Waals surface area contributed by atoms with Gasteiger partial charge in [0.05, 0.1) is 0 Å². The molecule has 0 radical (unpaired) electrons. The summed E-state index contributed by atoms with van der Waals surface area (Å²) >= 11 is 0. The second-order valence-electron chi connectivity index (χ2n) is 4.59. The van der Waals surface area contributed by atoms with Crippen molar-refractivity contribution in [2.24, 2.45) is 5.92 Å². The van der Waals surface area contributed by atoms with Gasteiger partial charge in [-0.25, -0.2) is 13.6 Å². The normalized spacial score (nSPS) is 17.5. The zero-order valence-electron chi connectivity index (χ0n) is 10.3. The predicted molar refractivity (Wildman–Crippen MR) is 67.6 cm³/mol. The summed E-state index contributed by atoms with van der Waals surface area (Å²) in [5.74, 6) is -2.90. The van der Waals surface area contributed by atoms with E-state index in [4.69, 9.17) is 5.11 Å². The minimum atomic E-state index is -1.07. The van der Waals surface area contributed by atoms with Gasteiger partial charge in [0.1, 0.15) is 0 Å². The summed E-state index contributed by atoms with van der Waals surface area (Å²) in [6.07, 6.45) is 2.68. The lowest BCUT2D eigenvalue weighted by Crippen LogP contribution is -2.28. The number of hydrogen-bond acceptors (Lipinski definition) is 2. The average molecular weight is 267 g/mol. The molecule has 2 N–H and O–H groups in total. The van der Waals surface area contributed by atoms with E-state index in [2.05, 4.69) is 5.32 Å². The number of allylic oxidation sites excluding steroid dienone is 1. The first kappa shape index (κ1) is 13.7. The highest BCUT2D eigenvalue weighted by atomic mass is 19.2. The van der Waals surface area contributed by atoms with Gasteiger partial charge in [-0.05, 0) is 55.1 Å². The number of benzene rings is 1. The minimum absolute atomic E-state index is 0.0576. The van der Waals surface area contributed by atoms with Crippen molar-refractivity contribution in [2.45, 2.75) is 12.8 Å². The van der Waals surface area contributed by atoms with Crippen LogP contribution in [0.1, 0.15) is 18.4 Å². The maximum atomic E-state index is 13.3. The van der Waals surface area contributed by atoms with Gasteiger partial charge in [0.25, 0.3) is 0 Å². The largest absolute Gasteiger partial charge is 0.478 e. The van der Waals surface area contributed by atoms with Gasteiger partial charge < -0.3 is 10.4 Å². The molecule has 3 nitrogen and oxygen atoms in total. The minimum Gasteiger partial charge on any atom is -0.478 e. The summed E-state index contributed by atoms with van der Waals surface area (Å²) in [5.41, 5.74) is 1.00. The molecule has 0 amide bonds. The molecular formula is C14H15F2NO2. The van der Waals surface area contributed by atoms with Crippen LogP contribution >= 0.6 is 0 Å². The standard InChI is InChI=1S/C14H15F2NO2/c15-12-2-1-10(7-13(12)16)11(8-14(18)19)9-3-5-17-6-4-9/h1-2,7-9,17H,3-6H2,(H,18,19)/b11-8+. The molecule has 0 unspecified atom stereocenters. The van der Waals surface area contributed by atoms with Gasteiger partial charge in [-0.1, -0.05) is 6.07 Å². The molecule has 1 aromatic rings. The predicted octanol–water partition coefficient (Wildman–Crippen LogP) is 2.43. The van der Waals surface area contributed by atoms with Crippen molar-refractivity contribution < 1.29 is 18.7 Å². The number of piperidine rings is 1. The summed E-state index contributed by atoms with van der Waals surface area (Å²) in [6.45, 7) is 1.59. The maximum Gasteiger partial charge on any atom is 0.328 e. The molecule has 0 atom stereocenters. The summed E-state index contributed by atoms with van der Waals surface area (Å²) in [5, 5.41) is 12.1. The van der Waals surface area contributed by atoms with Crippen molar-refractivity contribution in [3.63, 3.8) is 0 Å². The Morgan fingerprint density at radius 3 is 2.53 bits per heavy atom. The van der Waals surface area contributed by atoms with Gasteiger partial charge >= 0.3 is 5.97 Å². The van der Waals surface area contributed by atoms with E-state index in [1.54, 1.807) is 0 Å². The van der Waals surface area contributed by atoms with Crippen LogP contribution in [0.25, 0.3) is 5.57 Å². The Balaban J connectivity index is 2.36. The molecule has 2 rings (SSSR count). The number of carbonyl (C=O) groups is 1. The van der Waals surface area contributed by atoms with E-state index in [0.717, 1.165) is 44.1 Å². The first-order chi connectivity index (χ1) is 9.08. The second kappa shape index (κ2) is 5.93. The van der Waals surface area contributed by atoms with E-state index < -0.39 is 17.6 Å². The lowest BCUT2D eigenvalue weighted by atomic mass is 9.85. The summed E-state index contributed by atoms with van der Waals surface area (Å²) in [7, 11) is 0. The lowest BCUT2D eigenvalue weighted by Gasteiger charge is -2.25. The molecular weight excluding hydrogens is 252 g/mol. The summed E-state index contributed by atoms with van der Waals surface area (Å²) in [4.78, 5) is 10.9. The quantitative estimate of drug-likeness (QED) is 0.827. The van der Waals surface area contributed by atoms with Crippen LogP contribution in [0.2, 0.25) is 0 Å². The fourth-order valence-corrected chi connectivity index (χ4v) is 2.38. The molecule has 0 bridgehead atoms. The number of nitrogens with one attached hydrogen (secondary N) is 1. The molecule has 1 heterocycles. The van der Waals surface area contributed by atoms with Crippen molar-refractivity contribution in [1.82, 2.24) is 5.32 Å². The van der Waals surface area contributed by atoms with Crippen LogP contribution in [0, 0.1) is 17.6 Å². The number of aliphatic carboxylic acids is 1. The van der Waals surface area contributed by atoms with E-state index in [0.29, 0.717) is 11.1 Å².